The number of ether oxygens (including phenoxy) is 2. The molecule has 0 aliphatic rings. The first-order valence-corrected chi connectivity index (χ1v) is 10.1. The zero-order valence-corrected chi connectivity index (χ0v) is 16.4. The van der Waals surface area contributed by atoms with E-state index in [4.69, 9.17) is 9.47 Å². The predicted molar refractivity (Wildman–Crippen MR) is 102 cm³/mol. The third kappa shape index (κ3) is 19.1. The monoisotopic (exact) mass is 340 g/mol. The van der Waals surface area contributed by atoms with Crippen LogP contribution in [0.1, 0.15) is 97.8 Å². The molecule has 0 aromatic carbocycles. The Morgan fingerprint density at radius 1 is 0.792 bits per heavy atom. The summed E-state index contributed by atoms with van der Waals surface area (Å²) in [6.45, 7) is 7.54. The van der Waals surface area contributed by atoms with Gasteiger partial charge in [-0.15, -0.1) is 0 Å². The zero-order chi connectivity index (χ0) is 17.9. The van der Waals surface area contributed by atoms with Crippen LogP contribution in [0.25, 0.3) is 0 Å². The van der Waals surface area contributed by atoms with Crippen LogP contribution in [0.4, 0.5) is 4.79 Å². The highest BCUT2D eigenvalue weighted by Crippen LogP contribution is 2.09. The highest BCUT2D eigenvalue weighted by atomic mass is 16.7. The van der Waals surface area contributed by atoms with Gasteiger partial charge >= 0.3 is 6.16 Å². The standard InChI is InChI=1S/C21H40O3/c1-4-5-6-7-8-9-10-11-12-13-14-15-18-23-21(22)24-19-16-17-20(2)3/h7-8,20H,4-6,9-19H2,1-3H3/b8-7-. The van der Waals surface area contributed by atoms with E-state index < -0.39 is 6.16 Å². The van der Waals surface area contributed by atoms with Gasteiger partial charge in [-0.25, -0.2) is 4.79 Å². The molecule has 0 saturated carbocycles. The average molecular weight is 341 g/mol. The van der Waals surface area contributed by atoms with E-state index in [1.165, 1.54) is 51.4 Å². The fourth-order valence-electron chi connectivity index (χ4n) is 2.47. The first-order valence-electron chi connectivity index (χ1n) is 10.1. The summed E-state index contributed by atoms with van der Waals surface area (Å²) in [6, 6.07) is 0. The molecule has 0 rings (SSSR count). The van der Waals surface area contributed by atoms with Crippen LogP contribution in [0.2, 0.25) is 0 Å². The Hall–Kier alpha value is -0.990. The molecule has 3 heteroatoms. The van der Waals surface area contributed by atoms with E-state index in [-0.39, 0.29) is 0 Å². The second-order valence-electron chi connectivity index (χ2n) is 7.01. The van der Waals surface area contributed by atoms with Crippen LogP contribution in [-0.2, 0) is 9.47 Å². The molecule has 0 fully saturated rings. The minimum atomic E-state index is -0.506. The smallest absolute Gasteiger partial charge is 0.434 e. The fourth-order valence-corrected chi connectivity index (χ4v) is 2.47. The minimum absolute atomic E-state index is 0.476. The van der Waals surface area contributed by atoms with Crippen molar-refractivity contribution >= 4 is 6.16 Å². The molecule has 0 aliphatic heterocycles. The second kappa shape index (κ2) is 18.4. The number of hydrogen-bond donors (Lipinski definition) is 0. The molecule has 24 heavy (non-hydrogen) atoms. The Balaban J connectivity index is 3.19. The van der Waals surface area contributed by atoms with Gasteiger partial charge in [-0.3, -0.25) is 0 Å². The summed E-state index contributed by atoms with van der Waals surface area (Å²) >= 11 is 0. The SMILES string of the molecule is CCCC/C=C\CCCCCCCCOC(=O)OCCCC(C)C. The molecule has 0 aliphatic carbocycles. The lowest BCUT2D eigenvalue weighted by molar-refractivity contribution is 0.0524. The van der Waals surface area contributed by atoms with Gasteiger partial charge in [0, 0.05) is 0 Å². The quantitative estimate of drug-likeness (QED) is 0.171. The average Bonchev–Trinajstić information content (AvgIpc) is 2.55. The number of carbonyl (C=O) groups is 1. The van der Waals surface area contributed by atoms with E-state index in [0.717, 1.165) is 25.7 Å². The van der Waals surface area contributed by atoms with Gasteiger partial charge < -0.3 is 9.47 Å². The molecule has 0 N–H and O–H groups in total. The maximum atomic E-state index is 11.3. The van der Waals surface area contributed by atoms with Crippen LogP contribution in [0.3, 0.4) is 0 Å². The van der Waals surface area contributed by atoms with Crippen LogP contribution in [-0.4, -0.2) is 19.4 Å². The van der Waals surface area contributed by atoms with E-state index in [1.807, 2.05) is 0 Å². The molecule has 0 saturated heterocycles. The number of rotatable bonds is 16. The van der Waals surface area contributed by atoms with Gasteiger partial charge in [0.15, 0.2) is 0 Å². The molecule has 0 spiro atoms. The first-order chi connectivity index (χ1) is 11.7. The summed E-state index contributed by atoms with van der Waals surface area (Å²) in [7, 11) is 0. The predicted octanol–water partition coefficient (Wildman–Crippen LogP) is 7.05. The van der Waals surface area contributed by atoms with E-state index in [0.29, 0.717) is 19.1 Å². The molecule has 0 unspecified atom stereocenters. The Morgan fingerprint density at radius 3 is 1.96 bits per heavy atom. The molecule has 3 nitrogen and oxygen atoms in total. The molecule has 0 aromatic heterocycles. The Bertz CT molecular complexity index is 297. The van der Waals surface area contributed by atoms with Crippen molar-refractivity contribution in [1.82, 2.24) is 0 Å². The van der Waals surface area contributed by atoms with Crippen LogP contribution in [0.5, 0.6) is 0 Å². The molecule has 0 radical (unpaired) electrons. The number of allylic oxidation sites excluding steroid dienone is 2. The third-order valence-corrected chi connectivity index (χ3v) is 4.02. The lowest BCUT2D eigenvalue weighted by Gasteiger charge is -2.07. The van der Waals surface area contributed by atoms with Gasteiger partial charge in [0.25, 0.3) is 0 Å². The van der Waals surface area contributed by atoms with E-state index in [1.54, 1.807) is 0 Å². The molecule has 142 valence electrons. The van der Waals surface area contributed by atoms with Crippen LogP contribution >= 0.6 is 0 Å². The van der Waals surface area contributed by atoms with Crippen molar-refractivity contribution in [3.05, 3.63) is 12.2 Å². The van der Waals surface area contributed by atoms with E-state index in [2.05, 4.69) is 32.9 Å². The Kier molecular flexibility index (Phi) is 17.6. The van der Waals surface area contributed by atoms with Gasteiger partial charge in [-0.2, -0.15) is 0 Å². The summed E-state index contributed by atoms with van der Waals surface area (Å²) in [6.07, 6.45) is 18.4. The van der Waals surface area contributed by atoms with Crippen molar-refractivity contribution in [2.75, 3.05) is 13.2 Å². The molecular formula is C21H40O3. The van der Waals surface area contributed by atoms with Crippen molar-refractivity contribution in [2.24, 2.45) is 5.92 Å². The number of hydrogen-bond acceptors (Lipinski definition) is 3. The zero-order valence-electron chi connectivity index (χ0n) is 16.4. The maximum Gasteiger partial charge on any atom is 0.508 e. The normalized spacial score (nSPS) is 11.3. The molecular weight excluding hydrogens is 300 g/mol. The molecule has 0 atom stereocenters. The van der Waals surface area contributed by atoms with Crippen LogP contribution in [0.15, 0.2) is 12.2 Å². The highest BCUT2D eigenvalue weighted by molar-refractivity contribution is 5.59. The maximum absolute atomic E-state index is 11.3. The lowest BCUT2D eigenvalue weighted by Crippen LogP contribution is -2.09. The molecule has 0 bridgehead atoms. The molecule has 0 aromatic rings. The Labute approximate surface area is 150 Å². The summed E-state index contributed by atoms with van der Waals surface area (Å²) in [5, 5.41) is 0. The second-order valence-corrected chi connectivity index (χ2v) is 7.01. The summed E-state index contributed by atoms with van der Waals surface area (Å²) in [4.78, 5) is 11.3. The van der Waals surface area contributed by atoms with Gasteiger partial charge in [0.2, 0.25) is 0 Å². The highest BCUT2D eigenvalue weighted by Gasteiger charge is 2.03. The van der Waals surface area contributed by atoms with Crippen molar-refractivity contribution < 1.29 is 14.3 Å². The first kappa shape index (κ1) is 23.0. The largest absolute Gasteiger partial charge is 0.508 e. The number of unbranched alkanes of at least 4 members (excludes halogenated alkanes) is 8. The van der Waals surface area contributed by atoms with Crippen LogP contribution < -0.4 is 0 Å². The van der Waals surface area contributed by atoms with Crippen molar-refractivity contribution in [3.8, 4) is 0 Å². The van der Waals surface area contributed by atoms with Crippen LogP contribution in [0, 0.1) is 5.92 Å². The molecule has 0 amide bonds. The minimum Gasteiger partial charge on any atom is -0.434 e. The van der Waals surface area contributed by atoms with E-state index in [9.17, 15) is 4.79 Å². The van der Waals surface area contributed by atoms with Crippen molar-refractivity contribution in [1.29, 1.82) is 0 Å². The summed E-state index contributed by atoms with van der Waals surface area (Å²) in [5.74, 6) is 0.654. The van der Waals surface area contributed by atoms with Gasteiger partial charge in [-0.1, -0.05) is 71.4 Å². The van der Waals surface area contributed by atoms with Gasteiger partial charge in [0.05, 0.1) is 13.2 Å². The third-order valence-electron chi connectivity index (χ3n) is 4.02. The Morgan fingerprint density at radius 2 is 1.33 bits per heavy atom. The van der Waals surface area contributed by atoms with Crippen molar-refractivity contribution in [2.45, 2.75) is 97.8 Å². The number of carbonyl (C=O) groups excluding carboxylic acids is 1. The lowest BCUT2D eigenvalue weighted by atomic mass is 10.1. The van der Waals surface area contributed by atoms with Gasteiger partial charge in [-0.05, 0) is 44.4 Å². The van der Waals surface area contributed by atoms with Crippen molar-refractivity contribution in [3.63, 3.8) is 0 Å². The molecule has 0 heterocycles. The van der Waals surface area contributed by atoms with Gasteiger partial charge in [0.1, 0.15) is 0 Å². The summed E-state index contributed by atoms with van der Waals surface area (Å²) < 4.78 is 10.1. The fraction of sp³-hybridized carbons (Fsp3) is 0.857. The topological polar surface area (TPSA) is 35.5 Å². The van der Waals surface area contributed by atoms with E-state index >= 15 is 0 Å². The summed E-state index contributed by atoms with van der Waals surface area (Å²) in [5.41, 5.74) is 0.